The number of pyridine rings is 1. The van der Waals surface area contributed by atoms with Crippen LogP contribution in [0.5, 0.6) is 5.75 Å². The number of benzene rings is 2. The van der Waals surface area contributed by atoms with Crippen LogP contribution in [0.2, 0.25) is 0 Å². The molecule has 4 rings (SSSR count). The second-order valence-corrected chi connectivity index (χ2v) is 11.2. The summed E-state index contributed by atoms with van der Waals surface area (Å²) in [4.78, 5) is 30.8. The Morgan fingerprint density at radius 3 is 2.24 bits per heavy atom. The Bertz CT molecular complexity index is 1210. The SMILES string of the molecule is CCCCCc1ccc(NC(=O)[C@H](Cc2ccc(OCc3ccncc3)cc2)NC(=O)C2CCC(CN)CC2)cc1. The van der Waals surface area contributed by atoms with Gasteiger partial charge in [-0.25, -0.2) is 0 Å². The molecule has 2 amide bonds. The molecule has 0 spiro atoms. The van der Waals surface area contributed by atoms with Crippen molar-refractivity contribution in [2.24, 2.45) is 17.6 Å². The molecular formula is C34H44N4O3. The van der Waals surface area contributed by atoms with Crippen LogP contribution in [0, 0.1) is 11.8 Å². The summed E-state index contributed by atoms with van der Waals surface area (Å²) in [7, 11) is 0. The molecule has 41 heavy (non-hydrogen) atoms. The fourth-order valence-corrected chi connectivity index (χ4v) is 5.33. The Kier molecular flexibility index (Phi) is 11.7. The van der Waals surface area contributed by atoms with Gasteiger partial charge in [-0.2, -0.15) is 0 Å². The summed E-state index contributed by atoms with van der Waals surface area (Å²) in [6, 6.07) is 18.9. The van der Waals surface area contributed by atoms with Crippen LogP contribution in [-0.2, 0) is 29.0 Å². The summed E-state index contributed by atoms with van der Waals surface area (Å²) in [6.07, 6.45) is 12.0. The molecule has 7 heteroatoms. The Balaban J connectivity index is 1.40. The number of carbonyl (C=O) groups is 2. The number of nitrogens with zero attached hydrogens (tertiary/aromatic N) is 1. The van der Waals surface area contributed by atoms with E-state index >= 15 is 0 Å². The van der Waals surface area contributed by atoms with Gasteiger partial charge >= 0.3 is 0 Å². The van der Waals surface area contributed by atoms with E-state index in [1.165, 1.54) is 18.4 Å². The summed E-state index contributed by atoms with van der Waals surface area (Å²) in [6.45, 7) is 3.32. The van der Waals surface area contributed by atoms with Crippen LogP contribution in [0.1, 0.15) is 68.6 Å². The minimum Gasteiger partial charge on any atom is -0.489 e. The van der Waals surface area contributed by atoms with Gasteiger partial charge in [-0.05, 0) is 104 Å². The smallest absolute Gasteiger partial charge is 0.247 e. The topological polar surface area (TPSA) is 106 Å². The van der Waals surface area contributed by atoms with E-state index < -0.39 is 6.04 Å². The highest BCUT2D eigenvalue weighted by Crippen LogP contribution is 2.28. The summed E-state index contributed by atoms with van der Waals surface area (Å²) in [5, 5.41) is 6.11. The van der Waals surface area contributed by atoms with Gasteiger partial charge in [0.15, 0.2) is 0 Å². The Hall–Kier alpha value is -3.71. The number of nitrogens with two attached hydrogens (primary N) is 1. The number of anilines is 1. The molecule has 1 aromatic heterocycles. The van der Waals surface area contributed by atoms with Crippen LogP contribution in [0.3, 0.4) is 0 Å². The van der Waals surface area contributed by atoms with Crippen molar-refractivity contribution in [1.29, 1.82) is 0 Å². The second kappa shape index (κ2) is 15.9. The number of hydrogen-bond donors (Lipinski definition) is 3. The number of rotatable bonds is 14. The van der Waals surface area contributed by atoms with E-state index in [2.05, 4.69) is 34.7 Å². The van der Waals surface area contributed by atoms with Gasteiger partial charge in [-0.3, -0.25) is 14.6 Å². The first-order valence-corrected chi connectivity index (χ1v) is 15.0. The number of amides is 2. The van der Waals surface area contributed by atoms with Crippen LogP contribution in [-0.4, -0.2) is 29.4 Å². The summed E-state index contributed by atoms with van der Waals surface area (Å²) in [5.41, 5.74) is 9.82. The van der Waals surface area contributed by atoms with Crippen molar-refractivity contribution in [3.63, 3.8) is 0 Å². The van der Waals surface area contributed by atoms with Crippen LogP contribution in [0.25, 0.3) is 0 Å². The fraction of sp³-hybridized carbons (Fsp3) is 0.441. The molecular weight excluding hydrogens is 512 g/mol. The van der Waals surface area contributed by atoms with Gasteiger partial charge in [-0.1, -0.05) is 44.0 Å². The maximum absolute atomic E-state index is 13.5. The number of aromatic nitrogens is 1. The predicted octanol–water partition coefficient (Wildman–Crippen LogP) is 5.82. The summed E-state index contributed by atoms with van der Waals surface area (Å²) < 4.78 is 5.89. The van der Waals surface area contributed by atoms with E-state index in [1.54, 1.807) is 12.4 Å². The highest BCUT2D eigenvalue weighted by atomic mass is 16.5. The monoisotopic (exact) mass is 556 g/mol. The molecule has 0 saturated heterocycles. The lowest BCUT2D eigenvalue weighted by Gasteiger charge is -2.28. The third kappa shape index (κ3) is 9.71. The molecule has 0 unspecified atom stereocenters. The third-order valence-electron chi connectivity index (χ3n) is 7.99. The molecule has 1 atom stereocenters. The van der Waals surface area contributed by atoms with Crippen molar-refractivity contribution < 1.29 is 14.3 Å². The van der Waals surface area contributed by atoms with E-state index in [-0.39, 0.29) is 17.7 Å². The zero-order chi connectivity index (χ0) is 28.9. The van der Waals surface area contributed by atoms with Crippen molar-refractivity contribution in [2.75, 3.05) is 11.9 Å². The lowest BCUT2D eigenvalue weighted by molar-refractivity contribution is -0.130. The standard InChI is InChI=1S/C34H44N4O3/c1-2-3-4-5-25-8-14-30(15-9-25)37-34(40)32(38-33(39)29-12-6-27(23-35)7-13-29)22-26-10-16-31(17-11-26)41-24-28-18-20-36-21-19-28/h8-11,14-21,27,29,32H,2-7,12-13,22-24,35H2,1H3,(H,37,40)(H,38,39)/t27?,29?,32-/m0/s1. The van der Waals surface area contributed by atoms with Crippen LogP contribution in [0.4, 0.5) is 5.69 Å². The number of nitrogens with one attached hydrogen (secondary N) is 2. The van der Waals surface area contributed by atoms with Crippen LogP contribution in [0.15, 0.2) is 73.1 Å². The Morgan fingerprint density at radius 1 is 0.902 bits per heavy atom. The molecule has 3 aromatic rings. The normalized spacial score (nSPS) is 17.4. The number of hydrogen-bond acceptors (Lipinski definition) is 5. The number of ether oxygens (including phenoxy) is 1. The fourth-order valence-electron chi connectivity index (χ4n) is 5.33. The number of unbranched alkanes of at least 4 members (excludes halogenated alkanes) is 2. The van der Waals surface area contributed by atoms with Gasteiger partial charge < -0.3 is 21.1 Å². The van der Waals surface area contributed by atoms with E-state index in [9.17, 15) is 9.59 Å². The number of aryl methyl sites for hydroxylation is 1. The maximum atomic E-state index is 13.5. The van der Waals surface area contributed by atoms with E-state index in [1.807, 2.05) is 48.5 Å². The summed E-state index contributed by atoms with van der Waals surface area (Å²) in [5.74, 6) is 0.878. The van der Waals surface area contributed by atoms with Crippen molar-refractivity contribution in [3.8, 4) is 5.75 Å². The molecule has 1 aliphatic rings. The molecule has 218 valence electrons. The first-order valence-electron chi connectivity index (χ1n) is 15.0. The number of carbonyl (C=O) groups excluding carboxylic acids is 2. The summed E-state index contributed by atoms with van der Waals surface area (Å²) >= 11 is 0. The van der Waals surface area contributed by atoms with E-state index in [0.29, 0.717) is 25.5 Å². The average Bonchev–Trinajstić information content (AvgIpc) is 3.02. The molecule has 4 N–H and O–H groups in total. The Labute approximate surface area is 244 Å². The van der Waals surface area contributed by atoms with Gasteiger partial charge in [0.05, 0.1) is 0 Å². The van der Waals surface area contributed by atoms with E-state index in [4.69, 9.17) is 10.5 Å². The predicted molar refractivity (Wildman–Crippen MR) is 163 cm³/mol. The quantitative estimate of drug-likeness (QED) is 0.217. The second-order valence-electron chi connectivity index (χ2n) is 11.2. The van der Waals surface area contributed by atoms with Crippen molar-refractivity contribution in [2.45, 2.75) is 77.4 Å². The first kappa shape index (κ1) is 30.3. The molecule has 1 fully saturated rings. The van der Waals surface area contributed by atoms with Gasteiger partial charge in [-0.15, -0.1) is 0 Å². The minimum absolute atomic E-state index is 0.0517. The highest BCUT2D eigenvalue weighted by Gasteiger charge is 2.29. The van der Waals surface area contributed by atoms with Gasteiger partial charge in [0, 0.05) is 30.4 Å². The molecule has 1 heterocycles. The van der Waals surface area contributed by atoms with Crippen molar-refractivity contribution in [3.05, 3.63) is 89.7 Å². The van der Waals surface area contributed by atoms with Gasteiger partial charge in [0.25, 0.3) is 0 Å². The lowest BCUT2D eigenvalue weighted by atomic mass is 9.81. The molecule has 2 aromatic carbocycles. The van der Waals surface area contributed by atoms with Gasteiger partial charge in [0.1, 0.15) is 18.4 Å². The zero-order valence-electron chi connectivity index (χ0n) is 24.2. The molecule has 0 bridgehead atoms. The van der Waals surface area contributed by atoms with Crippen LogP contribution >= 0.6 is 0 Å². The van der Waals surface area contributed by atoms with E-state index in [0.717, 1.165) is 61.1 Å². The van der Waals surface area contributed by atoms with Crippen molar-refractivity contribution >= 4 is 17.5 Å². The largest absolute Gasteiger partial charge is 0.489 e. The minimum atomic E-state index is -0.692. The van der Waals surface area contributed by atoms with Crippen molar-refractivity contribution in [1.82, 2.24) is 10.3 Å². The molecule has 1 saturated carbocycles. The maximum Gasteiger partial charge on any atom is 0.247 e. The third-order valence-corrected chi connectivity index (χ3v) is 7.99. The van der Waals surface area contributed by atoms with Gasteiger partial charge in [0.2, 0.25) is 11.8 Å². The lowest BCUT2D eigenvalue weighted by Crippen LogP contribution is -2.48. The molecule has 1 aliphatic carbocycles. The zero-order valence-corrected chi connectivity index (χ0v) is 24.2. The highest BCUT2D eigenvalue weighted by molar-refractivity contribution is 5.97. The molecule has 0 aliphatic heterocycles. The average molecular weight is 557 g/mol. The Morgan fingerprint density at radius 2 is 1.59 bits per heavy atom. The first-order chi connectivity index (χ1) is 20.0. The van der Waals surface area contributed by atoms with Crippen LogP contribution < -0.4 is 21.1 Å². The molecule has 0 radical (unpaired) electrons. The molecule has 7 nitrogen and oxygen atoms in total.